The molecule has 0 N–H and O–H groups in total. The molecule has 1 aliphatic heterocycles. The van der Waals surface area contributed by atoms with Gasteiger partial charge >= 0.3 is 11.8 Å². The second-order valence-corrected chi connectivity index (χ2v) is 9.40. The standard InChI is InChI=1S/C23H27N7O3/c1-23(2,3)33-22(32)28-11-8-15(9-12-28)30-20-18(27(4)21(30)31)14-24-19(26-20)16-13-25-29-10-6-5-7-17(16)29/h5-7,10,13-15H,8-9,11-12H2,1-4H3. The molecular formula is C23H27N7O3. The molecule has 0 atom stereocenters. The fraction of sp³-hybridized carbons (Fsp3) is 0.435. The van der Waals surface area contributed by atoms with Crippen molar-refractivity contribution >= 4 is 22.8 Å². The van der Waals surface area contributed by atoms with E-state index in [-0.39, 0.29) is 17.8 Å². The lowest BCUT2D eigenvalue weighted by atomic mass is 10.1. The number of amides is 1. The monoisotopic (exact) mass is 449 g/mol. The summed E-state index contributed by atoms with van der Waals surface area (Å²) in [5.41, 5.74) is 2.30. The topological polar surface area (TPSA) is 99.5 Å². The van der Waals surface area contributed by atoms with Crippen LogP contribution in [0.5, 0.6) is 0 Å². The lowest BCUT2D eigenvalue weighted by molar-refractivity contribution is 0.0188. The number of nitrogens with zero attached hydrogens (tertiary/aromatic N) is 7. The van der Waals surface area contributed by atoms with E-state index in [4.69, 9.17) is 9.72 Å². The second kappa shape index (κ2) is 7.72. The molecule has 1 aliphatic rings. The van der Waals surface area contributed by atoms with E-state index >= 15 is 0 Å². The smallest absolute Gasteiger partial charge is 0.410 e. The molecule has 1 amide bonds. The van der Waals surface area contributed by atoms with Crippen LogP contribution in [0.15, 0.2) is 41.6 Å². The minimum absolute atomic E-state index is 0.0634. The summed E-state index contributed by atoms with van der Waals surface area (Å²) in [7, 11) is 1.73. The maximum atomic E-state index is 13.1. The number of ether oxygens (including phenoxy) is 1. The Bertz CT molecular complexity index is 1400. The zero-order chi connectivity index (χ0) is 23.3. The Kier molecular flexibility index (Phi) is 4.95. The van der Waals surface area contributed by atoms with E-state index in [0.717, 1.165) is 11.1 Å². The van der Waals surface area contributed by atoms with Crippen molar-refractivity contribution in [2.75, 3.05) is 13.1 Å². The molecule has 1 fully saturated rings. The average molecular weight is 450 g/mol. The van der Waals surface area contributed by atoms with E-state index in [0.29, 0.717) is 42.9 Å². The van der Waals surface area contributed by atoms with E-state index < -0.39 is 5.60 Å². The first-order valence-electron chi connectivity index (χ1n) is 11.1. The van der Waals surface area contributed by atoms with Gasteiger partial charge in [0.25, 0.3) is 0 Å². The Hall–Kier alpha value is -3.69. The molecule has 5 rings (SSSR count). The van der Waals surface area contributed by atoms with Crippen molar-refractivity contribution in [2.45, 2.75) is 45.3 Å². The van der Waals surface area contributed by atoms with E-state index in [1.54, 1.807) is 38.0 Å². The predicted molar refractivity (Wildman–Crippen MR) is 123 cm³/mol. The van der Waals surface area contributed by atoms with E-state index in [1.807, 2.05) is 45.2 Å². The van der Waals surface area contributed by atoms with Crippen molar-refractivity contribution < 1.29 is 9.53 Å². The van der Waals surface area contributed by atoms with Gasteiger partial charge in [0.15, 0.2) is 11.5 Å². The fourth-order valence-electron chi connectivity index (χ4n) is 4.33. The molecule has 0 spiro atoms. The summed E-state index contributed by atoms with van der Waals surface area (Å²) >= 11 is 0. The second-order valence-electron chi connectivity index (χ2n) is 9.40. The largest absolute Gasteiger partial charge is 0.444 e. The molecule has 172 valence electrons. The number of hydrogen-bond acceptors (Lipinski definition) is 6. The first-order valence-corrected chi connectivity index (χ1v) is 11.1. The van der Waals surface area contributed by atoms with Crippen molar-refractivity contribution in [1.82, 2.24) is 33.6 Å². The third-order valence-electron chi connectivity index (χ3n) is 5.98. The summed E-state index contributed by atoms with van der Waals surface area (Å²) in [6.07, 6.45) is 6.28. The molecule has 0 saturated carbocycles. The fourth-order valence-corrected chi connectivity index (χ4v) is 4.33. The highest BCUT2D eigenvalue weighted by Crippen LogP contribution is 2.28. The summed E-state index contributed by atoms with van der Waals surface area (Å²) < 4.78 is 10.6. The summed E-state index contributed by atoms with van der Waals surface area (Å²) in [5.74, 6) is 0.522. The van der Waals surface area contributed by atoms with Gasteiger partial charge in [-0.2, -0.15) is 5.10 Å². The molecule has 4 aromatic heterocycles. The Balaban J connectivity index is 1.48. The molecule has 4 aromatic rings. The number of aryl methyl sites for hydroxylation is 1. The van der Waals surface area contributed by atoms with Gasteiger partial charge in [-0.1, -0.05) is 6.07 Å². The number of likely N-dealkylation sites (tertiary alicyclic amines) is 1. The predicted octanol–water partition coefficient (Wildman–Crippen LogP) is 3.02. The number of imidazole rings is 1. The van der Waals surface area contributed by atoms with Crippen molar-refractivity contribution in [3.05, 3.63) is 47.3 Å². The van der Waals surface area contributed by atoms with Crippen LogP contribution in [0.4, 0.5) is 4.79 Å². The number of pyridine rings is 1. The lowest BCUT2D eigenvalue weighted by Gasteiger charge is -2.33. The van der Waals surface area contributed by atoms with Crippen LogP contribution in [0.25, 0.3) is 28.1 Å². The van der Waals surface area contributed by atoms with Crippen molar-refractivity contribution in [3.8, 4) is 11.4 Å². The highest BCUT2D eigenvalue weighted by atomic mass is 16.6. The Morgan fingerprint density at radius 3 is 2.61 bits per heavy atom. The molecule has 1 saturated heterocycles. The molecule has 5 heterocycles. The van der Waals surface area contributed by atoms with Crippen molar-refractivity contribution in [1.29, 1.82) is 0 Å². The molecule has 0 radical (unpaired) electrons. The summed E-state index contributed by atoms with van der Waals surface area (Å²) in [4.78, 5) is 36.6. The Labute approximate surface area is 190 Å². The number of hydrogen-bond donors (Lipinski definition) is 0. The number of aromatic nitrogens is 6. The van der Waals surface area contributed by atoms with Crippen molar-refractivity contribution in [2.24, 2.45) is 7.05 Å². The molecule has 0 aliphatic carbocycles. The quantitative estimate of drug-likeness (QED) is 0.466. The summed E-state index contributed by atoms with van der Waals surface area (Å²) in [6, 6.07) is 5.74. The van der Waals surface area contributed by atoms with Gasteiger partial charge in [-0.15, -0.1) is 0 Å². The summed E-state index contributed by atoms with van der Waals surface area (Å²) in [6.45, 7) is 6.61. The van der Waals surface area contributed by atoms with Crippen molar-refractivity contribution in [3.63, 3.8) is 0 Å². The SMILES string of the molecule is Cn1c(=O)n(C2CCN(C(=O)OC(C)(C)C)CC2)c2nc(-c3cnn4ccccc34)ncc21. The minimum atomic E-state index is -0.536. The van der Waals surface area contributed by atoms with Crippen LogP contribution in [0.2, 0.25) is 0 Å². The molecule has 0 aromatic carbocycles. The molecular weight excluding hydrogens is 422 g/mol. The first-order chi connectivity index (χ1) is 15.7. The number of piperidine rings is 1. The maximum Gasteiger partial charge on any atom is 0.410 e. The van der Waals surface area contributed by atoms with Crippen LogP contribution in [0.3, 0.4) is 0 Å². The highest BCUT2D eigenvalue weighted by molar-refractivity contribution is 5.79. The van der Waals surface area contributed by atoms with Crippen LogP contribution in [-0.4, -0.2) is 58.4 Å². The average Bonchev–Trinajstić information content (AvgIpc) is 3.32. The van der Waals surface area contributed by atoms with Crippen LogP contribution in [-0.2, 0) is 11.8 Å². The van der Waals surface area contributed by atoms with E-state index in [9.17, 15) is 9.59 Å². The van der Waals surface area contributed by atoms with Gasteiger partial charge in [0.2, 0.25) is 0 Å². The Morgan fingerprint density at radius 2 is 1.88 bits per heavy atom. The third-order valence-corrected chi connectivity index (χ3v) is 5.98. The number of fused-ring (bicyclic) bond motifs is 2. The normalized spacial score (nSPS) is 15.5. The van der Waals surface area contributed by atoms with Crippen LogP contribution in [0.1, 0.15) is 39.7 Å². The van der Waals surface area contributed by atoms with Gasteiger partial charge in [0.1, 0.15) is 11.1 Å². The van der Waals surface area contributed by atoms with Crippen LogP contribution in [0, 0.1) is 0 Å². The highest BCUT2D eigenvalue weighted by Gasteiger charge is 2.30. The van der Waals surface area contributed by atoms with Gasteiger partial charge in [-0.25, -0.2) is 24.1 Å². The minimum Gasteiger partial charge on any atom is -0.444 e. The van der Waals surface area contributed by atoms with E-state index in [2.05, 4.69) is 10.1 Å². The van der Waals surface area contributed by atoms with Gasteiger partial charge in [0, 0.05) is 32.4 Å². The Morgan fingerprint density at radius 1 is 1.12 bits per heavy atom. The van der Waals surface area contributed by atoms with Gasteiger partial charge in [-0.3, -0.25) is 9.13 Å². The van der Waals surface area contributed by atoms with Gasteiger partial charge in [0.05, 0.1) is 23.5 Å². The van der Waals surface area contributed by atoms with E-state index in [1.165, 1.54) is 0 Å². The molecule has 33 heavy (non-hydrogen) atoms. The number of carbonyl (C=O) groups is 1. The maximum absolute atomic E-state index is 13.1. The van der Waals surface area contributed by atoms with Crippen LogP contribution < -0.4 is 5.69 Å². The lowest BCUT2D eigenvalue weighted by Crippen LogP contribution is -2.43. The van der Waals surface area contributed by atoms with Crippen LogP contribution >= 0.6 is 0 Å². The summed E-state index contributed by atoms with van der Waals surface area (Å²) in [5, 5.41) is 4.37. The molecule has 10 nitrogen and oxygen atoms in total. The third kappa shape index (κ3) is 3.75. The first kappa shape index (κ1) is 21.2. The molecule has 10 heteroatoms. The van der Waals surface area contributed by atoms with Gasteiger partial charge < -0.3 is 9.64 Å². The number of rotatable bonds is 2. The molecule has 0 unspecified atom stereocenters. The molecule has 0 bridgehead atoms. The van der Waals surface area contributed by atoms with Gasteiger partial charge in [-0.05, 0) is 45.7 Å². The number of carbonyl (C=O) groups excluding carboxylic acids is 1. The zero-order valence-corrected chi connectivity index (χ0v) is 19.2. The zero-order valence-electron chi connectivity index (χ0n) is 19.2.